The van der Waals surface area contributed by atoms with Crippen molar-refractivity contribution >= 4 is 25.8 Å². The molecule has 0 aromatic heterocycles. The molecule has 0 spiro atoms. The maximum atomic E-state index is 6.26. The Balaban J connectivity index is 4.42. The smallest absolute Gasteiger partial charge is 0.0559 e. The summed E-state index contributed by atoms with van der Waals surface area (Å²) in [5, 5.41) is 146. The molecular weight excluding hydrogens is 830 g/mol. The van der Waals surface area contributed by atoms with Crippen LogP contribution in [-0.2, 0) is 129 Å². The Labute approximate surface area is 287 Å². The van der Waals surface area contributed by atoms with Crippen LogP contribution in [0.1, 0.15) is 0 Å². The number of thiol groups is 2. The van der Waals surface area contributed by atoms with Crippen molar-refractivity contribution in [2.24, 2.45) is 120 Å². The zero-order valence-corrected chi connectivity index (χ0v) is 24.5. The van der Waals surface area contributed by atoms with Crippen molar-refractivity contribution in [3.8, 4) is 0 Å². The molecule has 0 aromatic carbocycles. The van der Waals surface area contributed by atoms with Gasteiger partial charge in [0.1, 0.15) is 0 Å². The summed E-state index contributed by atoms with van der Waals surface area (Å²) >= 11 is 6.13. The summed E-state index contributed by atoms with van der Waals surface area (Å²) in [6.07, 6.45) is 0. The van der Waals surface area contributed by atoms with Crippen molar-refractivity contribution in [1.82, 2.24) is 5.34 Å². The van der Waals surface area contributed by atoms with E-state index in [1.807, 2.05) is 0 Å². The average Bonchev–Trinajstić information content (AvgIpc) is 3.17. The first-order chi connectivity index (χ1) is 26.3. The number of hydrogen-bond acceptors (Lipinski definition) is 30. The van der Waals surface area contributed by atoms with Crippen molar-refractivity contribution < 1.29 is 129 Å². The lowest BCUT2D eigenvalue weighted by molar-refractivity contribution is -0.884. The van der Waals surface area contributed by atoms with Gasteiger partial charge in [-0.05, 0) is 163 Å². The molecule has 0 aliphatic rings. The minimum Gasteiger partial charge on any atom is -0.183 e. The Morgan fingerprint density at radius 2 is 0.472 bits per heavy atom. The van der Waals surface area contributed by atoms with Crippen LogP contribution in [0.3, 0.4) is 0 Å². The molecule has 0 atom stereocenters. The van der Waals surface area contributed by atoms with Gasteiger partial charge < -0.3 is 0 Å². The van der Waals surface area contributed by atoms with E-state index in [-0.39, 0.29) is 5.34 Å². The van der Waals surface area contributed by atoms with Crippen LogP contribution < -0.4 is 0 Å². The van der Waals surface area contributed by atoms with Gasteiger partial charge in [0, 0.05) is 104 Å². The third kappa shape index (κ3) is 42.7. The largest absolute Gasteiger partial charge is 0.183 e. The highest BCUT2D eigenvalue weighted by Gasteiger charge is 2.10. The van der Waals surface area contributed by atoms with Gasteiger partial charge in [0.2, 0.25) is 0 Å². The number of hydrogen-bond donors (Lipinski definition) is 3. The number of nitrogens with one attached hydrogen (secondary N) is 1. The van der Waals surface area contributed by atoms with E-state index in [0.717, 1.165) is 0 Å². The molecule has 0 aromatic rings. The van der Waals surface area contributed by atoms with Gasteiger partial charge in [-0.2, -0.15) is 5.53 Å². The fraction of sp³-hybridized carbons (Fsp3) is 0. The second kappa shape index (κ2) is 44.7. The molecule has 53 heavy (non-hydrogen) atoms. The van der Waals surface area contributed by atoms with Crippen LogP contribution in [0.5, 0.6) is 0 Å². The maximum Gasteiger partial charge on any atom is 0.0559 e. The lowest BCUT2D eigenvalue weighted by atomic mass is 12.3. The van der Waals surface area contributed by atoms with Gasteiger partial charge >= 0.3 is 0 Å². The summed E-state index contributed by atoms with van der Waals surface area (Å²) in [7, 11) is 0. The molecule has 0 aliphatic carbocycles. The summed E-state index contributed by atoms with van der Waals surface area (Å²) in [5.41, 5.74) is 6.26. The van der Waals surface area contributed by atoms with Gasteiger partial charge in [-0.25, -0.2) is 0 Å². The molecule has 51 nitrogen and oxygen atoms in total. The number of rotatable bonds is 38. The van der Waals surface area contributed by atoms with E-state index in [0.29, 0.717) is 0 Å². The zero-order valence-electron chi connectivity index (χ0n) is 22.7. The minimum absolute atomic E-state index is 0.348. The Kier molecular flexibility index (Phi) is 40.2. The zero-order chi connectivity index (χ0) is 38.2. The third-order valence-corrected chi connectivity index (χ3v) is 1.88. The first-order valence-corrected chi connectivity index (χ1v) is 10.3. The summed E-state index contributed by atoms with van der Waals surface area (Å²) in [5.74, 6) is 0. The normalized spacial score (nSPS) is 13.2. The molecule has 0 heterocycles. The van der Waals surface area contributed by atoms with Crippen LogP contribution in [0, 0.1) is 5.53 Å². The Morgan fingerprint density at radius 3 is 0.717 bits per heavy atom. The molecule has 0 fully saturated rings. The fourth-order valence-electron chi connectivity index (χ4n) is 0.759. The Morgan fingerprint density at radius 1 is 0.264 bits per heavy atom. The predicted octanol–water partition coefficient (Wildman–Crippen LogP) is 3.18. The molecule has 0 rings (SSSR count). The molecular formula is H3N25O26S2. The number of nitrogens with zero attached hydrogens (tertiary/aromatic N) is 24. The second-order valence-electron chi connectivity index (χ2n) is 4.10. The van der Waals surface area contributed by atoms with Gasteiger partial charge in [0.05, 0.1) is 5.34 Å². The molecule has 0 aliphatic heterocycles. The quantitative estimate of drug-likeness (QED) is 0.0201. The molecule has 0 amide bonds. The molecule has 296 valence electrons. The van der Waals surface area contributed by atoms with Crippen molar-refractivity contribution in [3.63, 3.8) is 0 Å². The van der Waals surface area contributed by atoms with Crippen LogP contribution in [-0.4, -0.2) is 5.34 Å². The van der Waals surface area contributed by atoms with Crippen molar-refractivity contribution in [2.45, 2.75) is 0 Å². The fourth-order valence-corrected chi connectivity index (χ4v) is 0.808. The highest BCUT2D eigenvalue weighted by molar-refractivity contribution is 7.75. The molecule has 53 heteroatoms. The monoisotopic (exact) mass is 833 g/mol. The first kappa shape index (κ1) is 47.7. The van der Waals surface area contributed by atoms with Crippen LogP contribution >= 0.6 is 25.8 Å². The third-order valence-electron chi connectivity index (χ3n) is 1.76. The molecule has 0 radical (unpaired) electrons. The van der Waals surface area contributed by atoms with Crippen molar-refractivity contribution in [3.05, 3.63) is 0 Å². The Bertz CT molecular complexity index is 1110. The lowest BCUT2D eigenvalue weighted by Gasteiger charge is -2.07. The molecule has 0 saturated carbocycles. The summed E-state index contributed by atoms with van der Waals surface area (Å²) < 4.78 is 7.20. The van der Waals surface area contributed by atoms with Gasteiger partial charge in [-0.15, -0.1) is 8.67 Å². The lowest BCUT2D eigenvalue weighted by Crippen LogP contribution is -2.19. The Hall–Kier alpha value is -5.34. The van der Waals surface area contributed by atoms with Crippen molar-refractivity contribution in [1.29, 1.82) is 5.53 Å². The van der Waals surface area contributed by atoms with Gasteiger partial charge in [0.15, 0.2) is 0 Å². The van der Waals surface area contributed by atoms with E-state index in [2.05, 4.69) is 275 Å². The summed E-state index contributed by atoms with van der Waals surface area (Å²) in [6.45, 7) is 0. The highest BCUT2D eigenvalue weighted by Crippen LogP contribution is 2.02. The van der Waals surface area contributed by atoms with Gasteiger partial charge in [-0.1, -0.05) is 0 Å². The second-order valence-corrected chi connectivity index (χ2v) is 4.40. The molecule has 0 bridgehead atoms. The van der Waals surface area contributed by atoms with Crippen molar-refractivity contribution in [2.75, 3.05) is 0 Å². The van der Waals surface area contributed by atoms with Crippen LogP contribution in [0.4, 0.5) is 0 Å². The molecule has 1 N–H and O–H groups in total. The van der Waals surface area contributed by atoms with E-state index in [1.165, 1.54) is 0 Å². The van der Waals surface area contributed by atoms with Crippen LogP contribution in [0.15, 0.2) is 120 Å². The molecule has 0 unspecified atom stereocenters. The topological polar surface area (TPSA) is 551 Å². The standard InChI is InChI=1S/H3N25O26S2/c1-2-3-4-5-6-7-8-9-10-11-12-13-14-15-16-17-18-19-20-21-22-23-24-25(26-28-30-32-34-36-38-40-42-44-46-48-50-52)27-29-31-33-35-37-39-41-43-45-47-49-51-53/h1,52-53H/b2-1?,4-3+,6-5+,8-7+,10-9+,12-11+,14-13+,16-15+,18-17+,20-19+,22-21+,24-23+. The SMILES string of the molecule is N=N/N=N/N=N/N=N/N=N/N=N/N=N/N=N/N=N/N=N/N=N/N=N/N(OOOOOOOOOOOOOS)OOOOOOOOOOOOOS. The maximum absolute atomic E-state index is 6.26. The average molecular weight is 833 g/mol. The molecule has 0 saturated heterocycles. The van der Waals surface area contributed by atoms with E-state index in [1.54, 1.807) is 0 Å². The van der Waals surface area contributed by atoms with Gasteiger partial charge in [0.25, 0.3) is 0 Å². The predicted molar refractivity (Wildman–Crippen MR) is 107 cm³/mol. The van der Waals surface area contributed by atoms with E-state index < -0.39 is 0 Å². The van der Waals surface area contributed by atoms with Gasteiger partial charge in [-0.3, -0.25) is 0 Å². The summed E-state index contributed by atoms with van der Waals surface area (Å²) in [4.78, 5) is 8.11. The highest BCUT2D eigenvalue weighted by atomic mass is 32.1. The van der Waals surface area contributed by atoms with E-state index in [9.17, 15) is 0 Å². The van der Waals surface area contributed by atoms with Crippen LogP contribution in [0.2, 0.25) is 0 Å². The summed E-state index contributed by atoms with van der Waals surface area (Å²) in [6, 6.07) is 0. The van der Waals surface area contributed by atoms with Crippen LogP contribution in [0.25, 0.3) is 0 Å². The minimum atomic E-state index is -0.348. The van der Waals surface area contributed by atoms with E-state index >= 15 is 0 Å². The first-order valence-electron chi connectivity index (χ1n) is 9.55. The van der Waals surface area contributed by atoms with E-state index in [4.69, 9.17) is 5.53 Å².